The summed E-state index contributed by atoms with van der Waals surface area (Å²) in [6.45, 7) is 10.9. The molecule has 3 heterocycles. The Morgan fingerprint density at radius 3 is 2.39 bits per heavy atom. The lowest BCUT2D eigenvalue weighted by Crippen LogP contribution is -2.45. The van der Waals surface area contributed by atoms with E-state index in [-0.39, 0.29) is 23.4 Å². The summed E-state index contributed by atoms with van der Waals surface area (Å²) in [7, 11) is 0. The molecule has 0 spiro atoms. The number of benzene rings is 1. The Bertz CT molecular complexity index is 943. The fourth-order valence-corrected chi connectivity index (χ4v) is 4.11. The summed E-state index contributed by atoms with van der Waals surface area (Å²) in [6.07, 6.45) is -5.09. The number of aliphatic hydroxyl groups excluding tert-OH is 1. The second-order valence-electron chi connectivity index (χ2n) is 9.08. The third-order valence-corrected chi connectivity index (χ3v) is 5.68. The van der Waals surface area contributed by atoms with Gasteiger partial charge in [-0.3, -0.25) is 10.1 Å². The number of fused-ring (bicyclic) bond motifs is 1. The Morgan fingerprint density at radius 1 is 1.15 bits per heavy atom. The van der Waals surface area contributed by atoms with E-state index in [0.717, 1.165) is 0 Å². The minimum Gasteiger partial charge on any atom is -0.453 e. The number of carbonyl (C=O) groups excluding carboxylic acids is 1. The molecule has 1 N–H and O–H groups in total. The van der Waals surface area contributed by atoms with E-state index in [4.69, 9.17) is 28.4 Å². The molecule has 1 aromatic carbocycles. The highest BCUT2D eigenvalue weighted by Gasteiger charge is 2.60. The van der Waals surface area contributed by atoms with Crippen molar-refractivity contribution < 1.29 is 43.2 Å². The molecule has 0 bridgehead atoms. The second-order valence-corrected chi connectivity index (χ2v) is 9.08. The predicted molar refractivity (Wildman–Crippen MR) is 111 cm³/mol. The van der Waals surface area contributed by atoms with Crippen LogP contribution in [0.1, 0.15) is 39.4 Å². The van der Waals surface area contributed by atoms with Gasteiger partial charge < -0.3 is 33.5 Å². The first kappa shape index (κ1) is 23.7. The lowest BCUT2D eigenvalue weighted by atomic mass is 10.0. The van der Waals surface area contributed by atoms with Gasteiger partial charge in [0.25, 0.3) is 5.69 Å². The van der Waals surface area contributed by atoms with E-state index >= 15 is 0 Å². The molecular weight excluding hydrogens is 438 g/mol. The standard InChI is InChI=1S/C22H27NO10/c1-11(15(24)12-6-8-13(9-7-12)23(26)27)19(25)29-17-16(14-10-28-21(2,3)31-14)30-20-18(17)32-22(4,5)33-20/h6-9,14-18,20,24H,1,10H2,2-5H3/t14-,15?,16-,17+,18-,20-/m1/s1. The van der Waals surface area contributed by atoms with Crippen molar-refractivity contribution in [1.82, 2.24) is 0 Å². The minimum atomic E-state index is -1.42. The summed E-state index contributed by atoms with van der Waals surface area (Å²) in [4.78, 5) is 23.2. The fraction of sp³-hybridized carbons (Fsp3) is 0.591. The first-order valence-corrected chi connectivity index (χ1v) is 10.5. The van der Waals surface area contributed by atoms with Gasteiger partial charge in [-0.15, -0.1) is 0 Å². The number of rotatable bonds is 6. The smallest absolute Gasteiger partial charge is 0.336 e. The predicted octanol–water partition coefficient (Wildman–Crippen LogP) is 2.12. The molecule has 0 aliphatic carbocycles. The van der Waals surface area contributed by atoms with Gasteiger partial charge in [0.2, 0.25) is 0 Å². The second kappa shape index (κ2) is 8.42. The third kappa shape index (κ3) is 4.79. The summed E-state index contributed by atoms with van der Waals surface area (Å²) in [5.41, 5.74) is -0.123. The van der Waals surface area contributed by atoms with Crippen LogP contribution in [-0.2, 0) is 33.2 Å². The summed E-state index contributed by atoms with van der Waals surface area (Å²) < 4.78 is 34.9. The van der Waals surface area contributed by atoms with Gasteiger partial charge in [0.1, 0.15) is 18.3 Å². The zero-order valence-corrected chi connectivity index (χ0v) is 18.8. The van der Waals surface area contributed by atoms with Gasteiger partial charge in [-0.1, -0.05) is 6.58 Å². The van der Waals surface area contributed by atoms with Crippen LogP contribution in [0.15, 0.2) is 36.4 Å². The number of nitro groups is 1. The first-order chi connectivity index (χ1) is 15.4. The average molecular weight is 465 g/mol. The molecule has 11 nitrogen and oxygen atoms in total. The van der Waals surface area contributed by atoms with Crippen LogP contribution in [-0.4, -0.2) is 64.9 Å². The van der Waals surface area contributed by atoms with Crippen LogP contribution in [0.3, 0.4) is 0 Å². The van der Waals surface area contributed by atoms with Gasteiger partial charge in [0.05, 0.1) is 17.1 Å². The highest BCUT2D eigenvalue weighted by Crippen LogP contribution is 2.42. The van der Waals surface area contributed by atoms with E-state index < -0.39 is 59.3 Å². The fourth-order valence-electron chi connectivity index (χ4n) is 4.11. The highest BCUT2D eigenvalue weighted by molar-refractivity contribution is 5.89. The van der Waals surface area contributed by atoms with E-state index in [1.165, 1.54) is 24.3 Å². The lowest BCUT2D eigenvalue weighted by molar-refractivity contribution is -0.384. The van der Waals surface area contributed by atoms with E-state index in [9.17, 15) is 20.0 Å². The van der Waals surface area contributed by atoms with Crippen molar-refractivity contribution in [3.05, 3.63) is 52.1 Å². The van der Waals surface area contributed by atoms with Gasteiger partial charge in [-0.2, -0.15) is 0 Å². The van der Waals surface area contributed by atoms with E-state index in [1.54, 1.807) is 27.7 Å². The normalized spacial score (nSPS) is 32.8. The molecule has 6 atom stereocenters. The molecule has 11 heteroatoms. The number of non-ortho nitro benzene ring substituents is 1. The maximum Gasteiger partial charge on any atom is 0.336 e. The Morgan fingerprint density at radius 2 is 1.82 bits per heavy atom. The third-order valence-electron chi connectivity index (χ3n) is 5.68. The average Bonchev–Trinajstić information content (AvgIpc) is 3.36. The maximum atomic E-state index is 12.9. The number of ether oxygens (including phenoxy) is 6. The lowest BCUT2D eigenvalue weighted by Gasteiger charge is -2.29. The number of esters is 1. The molecule has 0 radical (unpaired) electrons. The van der Waals surface area contributed by atoms with Gasteiger partial charge in [0.15, 0.2) is 30.1 Å². The monoisotopic (exact) mass is 465 g/mol. The van der Waals surface area contributed by atoms with E-state index in [2.05, 4.69) is 6.58 Å². The Kier molecular flexibility index (Phi) is 6.06. The number of nitrogens with zero attached hydrogens (tertiary/aromatic N) is 1. The maximum absolute atomic E-state index is 12.9. The Hall–Kier alpha value is -2.41. The zero-order chi connectivity index (χ0) is 24.1. The van der Waals surface area contributed by atoms with Gasteiger partial charge in [0, 0.05) is 12.1 Å². The molecule has 0 amide bonds. The van der Waals surface area contributed by atoms with Crippen molar-refractivity contribution in [1.29, 1.82) is 0 Å². The molecule has 180 valence electrons. The van der Waals surface area contributed by atoms with Gasteiger partial charge in [-0.05, 0) is 45.4 Å². The van der Waals surface area contributed by atoms with Gasteiger partial charge >= 0.3 is 5.97 Å². The summed E-state index contributed by atoms with van der Waals surface area (Å²) in [5.74, 6) is -2.63. The molecule has 33 heavy (non-hydrogen) atoms. The quantitative estimate of drug-likeness (QED) is 0.288. The molecule has 4 rings (SSSR count). The summed E-state index contributed by atoms with van der Waals surface area (Å²) in [5, 5.41) is 21.4. The van der Waals surface area contributed by atoms with E-state index in [1.807, 2.05) is 0 Å². The van der Waals surface area contributed by atoms with Gasteiger partial charge in [-0.25, -0.2) is 4.79 Å². The van der Waals surface area contributed by atoms with Crippen LogP contribution >= 0.6 is 0 Å². The zero-order valence-electron chi connectivity index (χ0n) is 18.8. The largest absolute Gasteiger partial charge is 0.453 e. The molecule has 1 aromatic rings. The van der Waals surface area contributed by atoms with Crippen molar-refractivity contribution in [2.45, 2.75) is 76.1 Å². The Labute approximate surface area is 190 Å². The molecule has 3 saturated heterocycles. The SMILES string of the molecule is C=C(C(=O)O[C@@H]1[C@H]2OC(C)(C)O[C@H]2O[C@@H]1[C@H]1COC(C)(C)O1)C(O)c1ccc([N+](=O)[O-])cc1. The van der Waals surface area contributed by atoms with Crippen molar-refractivity contribution >= 4 is 11.7 Å². The number of aliphatic hydroxyl groups is 1. The molecule has 3 aliphatic heterocycles. The number of carbonyl (C=O) groups is 1. The van der Waals surface area contributed by atoms with Crippen LogP contribution in [0.25, 0.3) is 0 Å². The number of hydrogen-bond donors (Lipinski definition) is 1. The van der Waals surface area contributed by atoms with Crippen molar-refractivity contribution in [3.8, 4) is 0 Å². The molecular formula is C22H27NO10. The van der Waals surface area contributed by atoms with Crippen LogP contribution in [0.5, 0.6) is 0 Å². The first-order valence-electron chi connectivity index (χ1n) is 10.5. The van der Waals surface area contributed by atoms with Crippen molar-refractivity contribution in [3.63, 3.8) is 0 Å². The minimum absolute atomic E-state index is 0.140. The molecule has 1 unspecified atom stereocenters. The van der Waals surface area contributed by atoms with Crippen molar-refractivity contribution in [2.75, 3.05) is 6.61 Å². The topological polar surface area (TPSA) is 136 Å². The van der Waals surface area contributed by atoms with E-state index in [0.29, 0.717) is 0 Å². The van der Waals surface area contributed by atoms with Crippen LogP contribution in [0.2, 0.25) is 0 Å². The van der Waals surface area contributed by atoms with Crippen LogP contribution in [0.4, 0.5) is 5.69 Å². The highest BCUT2D eigenvalue weighted by atomic mass is 16.8. The molecule has 0 saturated carbocycles. The van der Waals surface area contributed by atoms with Crippen molar-refractivity contribution in [2.24, 2.45) is 0 Å². The molecule has 0 aromatic heterocycles. The van der Waals surface area contributed by atoms with Crippen LogP contribution in [0, 0.1) is 10.1 Å². The summed E-state index contributed by atoms with van der Waals surface area (Å²) in [6, 6.07) is 5.16. The Balaban J connectivity index is 1.49. The van der Waals surface area contributed by atoms with Crippen LogP contribution < -0.4 is 0 Å². The summed E-state index contributed by atoms with van der Waals surface area (Å²) >= 11 is 0. The molecule has 3 aliphatic rings. The number of hydrogen-bond acceptors (Lipinski definition) is 10. The number of nitro benzene ring substituents is 1. The molecule has 3 fully saturated rings.